The Bertz CT molecular complexity index is 696. The van der Waals surface area contributed by atoms with Gasteiger partial charge >= 0.3 is 0 Å². The summed E-state index contributed by atoms with van der Waals surface area (Å²) in [5.41, 5.74) is 4.98. The molecular formula is C19H27N3O. The van der Waals surface area contributed by atoms with Crippen LogP contribution in [-0.4, -0.2) is 21.2 Å². The van der Waals surface area contributed by atoms with Gasteiger partial charge in [0, 0.05) is 16.8 Å². The SMILES string of the molecule is CCc1c(C)nn(-c2ccc(C(=O)NC(C)(C)CC)cc2)c1C. The molecule has 0 spiro atoms. The maximum absolute atomic E-state index is 12.3. The number of nitrogens with one attached hydrogen (secondary N) is 1. The van der Waals surface area contributed by atoms with Gasteiger partial charge in [-0.3, -0.25) is 4.79 Å². The molecule has 1 aromatic heterocycles. The molecule has 0 saturated heterocycles. The number of hydrogen-bond acceptors (Lipinski definition) is 2. The Hall–Kier alpha value is -2.10. The molecule has 0 aliphatic carbocycles. The van der Waals surface area contributed by atoms with E-state index in [0.29, 0.717) is 5.56 Å². The van der Waals surface area contributed by atoms with Gasteiger partial charge in [-0.25, -0.2) is 4.68 Å². The fourth-order valence-corrected chi connectivity index (χ4v) is 2.66. The summed E-state index contributed by atoms with van der Waals surface area (Å²) in [6, 6.07) is 7.62. The minimum Gasteiger partial charge on any atom is -0.347 e. The molecule has 1 aromatic carbocycles. The van der Waals surface area contributed by atoms with E-state index >= 15 is 0 Å². The zero-order valence-corrected chi connectivity index (χ0v) is 15.0. The maximum atomic E-state index is 12.3. The monoisotopic (exact) mass is 313 g/mol. The predicted molar refractivity (Wildman–Crippen MR) is 94.3 cm³/mol. The van der Waals surface area contributed by atoms with Crippen molar-refractivity contribution in [1.29, 1.82) is 0 Å². The molecule has 124 valence electrons. The first-order valence-electron chi connectivity index (χ1n) is 8.27. The van der Waals surface area contributed by atoms with Crippen LogP contribution in [0.25, 0.3) is 5.69 Å². The number of rotatable bonds is 5. The number of hydrogen-bond donors (Lipinski definition) is 1. The smallest absolute Gasteiger partial charge is 0.251 e. The van der Waals surface area contributed by atoms with Gasteiger partial charge in [-0.2, -0.15) is 5.10 Å². The van der Waals surface area contributed by atoms with Crippen LogP contribution in [0.15, 0.2) is 24.3 Å². The average molecular weight is 313 g/mol. The number of aryl methyl sites for hydroxylation is 1. The summed E-state index contributed by atoms with van der Waals surface area (Å²) in [6.07, 6.45) is 1.87. The molecule has 1 heterocycles. The standard InChI is InChI=1S/C19H27N3O/c1-7-17-13(3)21-22(14(17)4)16-11-9-15(10-12-16)18(23)20-19(5,6)8-2/h9-12H,7-8H2,1-6H3,(H,20,23). The summed E-state index contributed by atoms with van der Waals surface area (Å²) in [7, 11) is 0. The Morgan fingerprint density at radius 3 is 2.26 bits per heavy atom. The molecule has 2 aromatic rings. The van der Waals surface area contributed by atoms with Crippen LogP contribution in [0.5, 0.6) is 0 Å². The zero-order chi connectivity index (χ0) is 17.2. The molecule has 0 atom stereocenters. The minimum absolute atomic E-state index is 0.0361. The van der Waals surface area contributed by atoms with E-state index in [9.17, 15) is 4.79 Å². The van der Waals surface area contributed by atoms with Crippen molar-refractivity contribution < 1.29 is 4.79 Å². The summed E-state index contributed by atoms with van der Waals surface area (Å²) in [6.45, 7) is 12.4. The van der Waals surface area contributed by atoms with Crippen molar-refractivity contribution in [3.63, 3.8) is 0 Å². The largest absolute Gasteiger partial charge is 0.347 e. The normalized spacial score (nSPS) is 11.6. The van der Waals surface area contributed by atoms with E-state index in [4.69, 9.17) is 0 Å². The van der Waals surface area contributed by atoms with Crippen molar-refractivity contribution in [3.8, 4) is 5.69 Å². The number of benzene rings is 1. The second-order valence-electron chi connectivity index (χ2n) is 6.65. The summed E-state index contributed by atoms with van der Waals surface area (Å²) in [5, 5.41) is 7.67. The fourth-order valence-electron chi connectivity index (χ4n) is 2.66. The molecule has 0 unspecified atom stereocenters. The van der Waals surface area contributed by atoms with Crippen LogP contribution in [0.1, 0.15) is 61.4 Å². The van der Waals surface area contributed by atoms with E-state index in [2.05, 4.69) is 31.2 Å². The lowest BCUT2D eigenvalue weighted by Crippen LogP contribution is -2.42. The minimum atomic E-state index is -0.193. The van der Waals surface area contributed by atoms with Crippen LogP contribution in [0, 0.1) is 13.8 Å². The van der Waals surface area contributed by atoms with Crippen molar-refractivity contribution >= 4 is 5.91 Å². The molecule has 2 rings (SSSR count). The van der Waals surface area contributed by atoms with Crippen molar-refractivity contribution in [3.05, 3.63) is 46.8 Å². The molecule has 0 saturated carbocycles. The Labute approximate surface area is 138 Å². The number of carbonyl (C=O) groups is 1. The molecule has 0 aliphatic rings. The number of carbonyl (C=O) groups excluding carboxylic acids is 1. The van der Waals surface area contributed by atoms with Crippen molar-refractivity contribution in [1.82, 2.24) is 15.1 Å². The van der Waals surface area contributed by atoms with Gasteiger partial charge in [-0.05, 0) is 70.4 Å². The van der Waals surface area contributed by atoms with Crippen LogP contribution >= 0.6 is 0 Å². The van der Waals surface area contributed by atoms with Crippen LogP contribution in [0.2, 0.25) is 0 Å². The molecular weight excluding hydrogens is 286 g/mol. The average Bonchev–Trinajstić information content (AvgIpc) is 2.81. The third-order valence-corrected chi connectivity index (χ3v) is 4.50. The van der Waals surface area contributed by atoms with E-state index in [0.717, 1.165) is 29.9 Å². The number of aromatic nitrogens is 2. The van der Waals surface area contributed by atoms with Crippen LogP contribution < -0.4 is 5.32 Å². The first kappa shape index (κ1) is 17.3. The van der Waals surface area contributed by atoms with E-state index in [1.165, 1.54) is 5.56 Å². The third-order valence-electron chi connectivity index (χ3n) is 4.50. The molecule has 23 heavy (non-hydrogen) atoms. The maximum Gasteiger partial charge on any atom is 0.251 e. The lowest BCUT2D eigenvalue weighted by atomic mass is 10.0. The van der Waals surface area contributed by atoms with Gasteiger partial charge in [0.1, 0.15) is 0 Å². The van der Waals surface area contributed by atoms with Gasteiger partial charge in [0.2, 0.25) is 0 Å². The van der Waals surface area contributed by atoms with Gasteiger partial charge in [0.05, 0.1) is 11.4 Å². The van der Waals surface area contributed by atoms with E-state index < -0.39 is 0 Å². The quantitative estimate of drug-likeness (QED) is 0.908. The van der Waals surface area contributed by atoms with Crippen LogP contribution in [0.3, 0.4) is 0 Å². The molecule has 0 radical (unpaired) electrons. The Morgan fingerprint density at radius 1 is 1.17 bits per heavy atom. The third kappa shape index (κ3) is 3.63. The zero-order valence-electron chi connectivity index (χ0n) is 15.0. The number of nitrogens with zero attached hydrogens (tertiary/aromatic N) is 2. The molecule has 0 aliphatic heterocycles. The topological polar surface area (TPSA) is 46.9 Å². The summed E-state index contributed by atoms with van der Waals surface area (Å²) in [4.78, 5) is 12.3. The van der Waals surface area contributed by atoms with Gasteiger partial charge in [-0.1, -0.05) is 13.8 Å². The Kier molecular flexibility index (Phi) is 4.93. The Balaban J connectivity index is 2.25. The van der Waals surface area contributed by atoms with Crippen molar-refractivity contribution in [2.24, 2.45) is 0 Å². The second kappa shape index (κ2) is 6.57. The summed E-state index contributed by atoms with van der Waals surface area (Å²) < 4.78 is 1.95. The van der Waals surface area contributed by atoms with Crippen molar-refractivity contribution in [2.75, 3.05) is 0 Å². The van der Waals surface area contributed by atoms with E-state index in [1.807, 2.05) is 49.7 Å². The molecule has 4 nitrogen and oxygen atoms in total. The fraction of sp³-hybridized carbons (Fsp3) is 0.474. The number of amides is 1. The van der Waals surface area contributed by atoms with Gasteiger partial charge < -0.3 is 5.32 Å². The lowest BCUT2D eigenvalue weighted by molar-refractivity contribution is 0.0911. The highest BCUT2D eigenvalue weighted by atomic mass is 16.1. The Morgan fingerprint density at radius 2 is 1.78 bits per heavy atom. The van der Waals surface area contributed by atoms with Crippen molar-refractivity contribution in [2.45, 2.75) is 59.9 Å². The highest BCUT2D eigenvalue weighted by molar-refractivity contribution is 5.94. The van der Waals surface area contributed by atoms with Gasteiger partial charge in [0.15, 0.2) is 0 Å². The highest BCUT2D eigenvalue weighted by Gasteiger charge is 2.19. The summed E-state index contributed by atoms with van der Waals surface area (Å²) >= 11 is 0. The van der Waals surface area contributed by atoms with Gasteiger partial charge in [0.25, 0.3) is 5.91 Å². The first-order chi connectivity index (χ1) is 10.8. The lowest BCUT2D eigenvalue weighted by Gasteiger charge is -2.24. The molecule has 1 N–H and O–H groups in total. The van der Waals surface area contributed by atoms with E-state index in [-0.39, 0.29) is 11.4 Å². The molecule has 4 heteroatoms. The van der Waals surface area contributed by atoms with Crippen LogP contribution in [-0.2, 0) is 6.42 Å². The second-order valence-corrected chi connectivity index (χ2v) is 6.65. The van der Waals surface area contributed by atoms with Crippen LogP contribution in [0.4, 0.5) is 0 Å². The summed E-state index contributed by atoms with van der Waals surface area (Å²) in [5.74, 6) is -0.0361. The van der Waals surface area contributed by atoms with E-state index in [1.54, 1.807) is 0 Å². The molecule has 0 fully saturated rings. The molecule has 1 amide bonds. The predicted octanol–water partition coefficient (Wildman–Crippen LogP) is 3.97. The molecule has 0 bridgehead atoms. The van der Waals surface area contributed by atoms with Gasteiger partial charge in [-0.15, -0.1) is 0 Å². The first-order valence-corrected chi connectivity index (χ1v) is 8.27. The highest BCUT2D eigenvalue weighted by Crippen LogP contribution is 2.19.